The van der Waals surface area contributed by atoms with Crippen molar-refractivity contribution in [2.45, 2.75) is 47.7 Å². The molecule has 1 aromatic heterocycles. The maximum atomic E-state index is 5.88. The second-order valence-electron chi connectivity index (χ2n) is 15.3. The van der Waals surface area contributed by atoms with Gasteiger partial charge in [0, 0.05) is 35.9 Å². The Labute approximate surface area is 429 Å². The number of halogens is 2. The average Bonchev–Trinajstić information content (AvgIpc) is 4.01. The fourth-order valence-electron chi connectivity index (χ4n) is 9.14. The van der Waals surface area contributed by atoms with Gasteiger partial charge in [0.1, 0.15) is 0 Å². The van der Waals surface area contributed by atoms with Crippen LogP contribution in [0.4, 0.5) is 0 Å². The maximum absolute atomic E-state index is 5.88. The smallest absolute Gasteiger partial charge is 1.00 e. The summed E-state index contributed by atoms with van der Waals surface area (Å²) in [6.45, 7) is 2.40. The van der Waals surface area contributed by atoms with Crippen molar-refractivity contribution in [1.29, 1.82) is 0 Å². The van der Waals surface area contributed by atoms with Gasteiger partial charge in [-0.05, 0) is 82.6 Å². The number of aryl methyl sites for hydroxylation is 2. The van der Waals surface area contributed by atoms with Gasteiger partial charge in [-0.15, -0.1) is 0 Å². The van der Waals surface area contributed by atoms with Crippen LogP contribution in [0.2, 0.25) is 0 Å². The summed E-state index contributed by atoms with van der Waals surface area (Å²) in [5.74, 6) is 6.38. The molecule has 0 saturated carbocycles. The molecule has 0 spiro atoms. The third-order valence-electron chi connectivity index (χ3n) is 12.0. The van der Waals surface area contributed by atoms with Gasteiger partial charge in [-0.3, -0.25) is 0 Å². The van der Waals surface area contributed by atoms with Gasteiger partial charge in [0.15, 0.2) is 58.7 Å². The third kappa shape index (κ3) is 10.1. The summed E-state index contributed by atoms with van der Waals surface area (Å²) in [7, 11) is 6.74. The molecule has 7 aromatic rings. The molecule has 6 aromatic carbocycles. The first-order valence-corrected chi connectivity index (χ1v) is 20.7. The molecule has 10 nitrogen and oxygen atoms in total. The van der Waals surface area contributed by atoms with Crippen molar-refractivity contribution in [2.24, 2.45) is 0 Å². The number of benzene rings is 6. The van der Waals surface area contributed by atoms with E-state index in [-0.39, 0.29) is 83.0 Å². The standard InChI is InChI=1S/C26H23NO4.C20H18NO4.C6H5.3CH4.2ClH.Mg/c1-28-21-9-8-18-12-20-19-14-23-22(30-15-31-23)13-17(19)10-11-27(20)25(24(18)26(21)29-2)16-6-4-3-5-7-16;1-22-17-4-3-12-7-16-14-9-19-18(24-11-25-19)8-13(14)5-6-21(16)10-15(12)20(17)23-2;1-2-4-6-5-3-1;;;;;;/h3-9,12-14,25H,10-11,15H2,1-2H3;3-4,7-10H,5-6,11H2,1-2H3;1-5H;3*1H4;2*1H;/q;+1;-1;;;;;;+2/p-2. The van der Waals surface area contributed by atoms with Crippen molar-refractivity contribution in [3.05, 3.63) is 161 Å². The molecule has 6 heterocycles. The topological polar surface area (TPSA) is 81.0 Å². The Balaban J connectivity index is 0.000000248. The zero-order valence-electron chi connectivity index (χ0n) is 36.6. The Kier molecular flexibility index (Phi) is 19.1. The largest absolute Gasteiger partial charge is 2.00 e. The number of methoxy groups -OCH3 is 4. The van der Waals surface area contributed by atoms with Crippen LogP contribution in [0.15, 0.2) is 121 Å². The average molecular weight is 970 g/mol. The number of ether oxygens (including phenoxy) is 8. The number of pyridine rings is 1. The molecule has 0 saturated heterocycles. The van der Waals surface area contributed by atoms with Gasteiger partial charge < -0.3 is 67.6 Å². The molecule has 0 bridgehead atoms. The molecule has 352 valence electrons. The van der Waals surface area contributed by atoms with Gasteiger partial charge >= 0.3 is 23.1 Å². The minimum Gasteiger partial charge on any atom is -1.00 e. The predicted molar refractivity (Wildman–Crippen MR) is 262 cm³/mol. The van der Waals surface area contributed by atoms with Gasteiger partial charge in [-0.1, -0.05) is 58.7 Å². The Morgan fingerprint density at radius 3 is 1.78 bits per heavy atom. The number of aromatic nitrogens is 1. The van der Waals surface area contributed by atoms with Gasteiger partial charge in [-0.2, -0.15) is 41.0 Å². The summed E-state index contributed by atoms with van der Waals surface area (Å²) in [6.07, 6.45) is 6.31. The van der Waals surface area contributed by atoms with E-state index in [4.69, 9.17) is 37.9 Å². The first kappa shape index (κ1) is 54.6. The summed E-state index contributed by atoms with van der Waals surface area (Å²) in [5.41, 5.74) is 10.9. The molecule has 0 fully saturated rings. The zero-order valence-corrected chi connectivity index (χ0v) is 39.5. The zero-order chi connectivity index (χ0) is 42.2. The maximum Gasteiger partial charge on any atom is 2.00 e. The second kappa shape index (κ2) is 23.8. The molecule has 0 N–H and O–H groups in total. The van der Waals surface area contributed by atoms with Gasteiger partial charge in [0.25, 0.3) is 0 Å². The van der Waals surface area contributed by atoms with Crippen LogP contribution in [0.1, 0.15) is 61.7 Å². The molecular weight excluding hydrogens is 912 g/mol. The Morgan fingerprint density at radius 2 is 1.19 bits per heavy atom. The van der Waals surface area contributed by atoms with E-state index in [0.29, 0.717) is 6.79 Å². The SMILES string of the molecule is C.C.C.COc1ccc2c(c1OC)C(c1ccccc1)N1CCc3cc4c(cc3C1=C2)OCO4.COc1ccc2cc3[n+](cc2c1OC)CCc1cc2c(cc1-3)OCO2.[Cl-].[Cl-].[Mg+2].[c-]1ccccc1. The molecule has 12 rings (SSSR count). The molecule has 1 unspecified atom stereocenters. The third-order valence-corrected chi connectivity index (χ3v) is 12.0. The summed E-state index contributed by atoms with van der Waals surface area (Å²) < 4.78 is 47.2. The van der Waals surface area contributed by atoms with Gasteiger partial charge in [0.05, 0.1) is 45.4 Å². The number of nitrogens with zero attached hydrogens (tertiary/aromatic N) is 2. The van der Waals surface area contributed by atoms with Crippen LogP contribution in [0.5, 0.6) is 46.0 Å². The van der Waals surface area contributed by atoms with Gasteiger partial charge in [0.2, 0.25) is 19.3 Å². The fourth-order valence-corrected chi connectivity index (χ4v) is 9.14. The van der Waals surface area contributed by atoms with Crippen LogP contribution >= 0.6 is 0 Å². The molecule has 68 heavy (non-hydrogen) atoms. The van der Waals surface area contributed by atoms with E-state index in [1.54, 1.807) is 28.4 Å². The Morgan fingerprint density at radius 1 is 0.618 bits per heavy atom. The summed E-state index contributed by atoms with van der Waals surface area (Å²) >= 11 is 0. The number of hydrogen-bond acceptors (Lipinski definition) is 9. The van der Waals surface area contributed by atoms with E-state index in [1.807, 2.05) is 42.5 Å². The van der Waals surface area contributed by atoms with E-state index in [0.717, 1.165) is 93.8 Å². The van der Waals surface area contributed by atoms with Crippen molar-refractivity contribution in [3.8, 4) is 57.3 Å². The molecule has 5 aliphatic rings. The van der Waals surface area contributed by atoms with Crippen molar-refractivity contribution >= 4 is 45.6 Å². The molecule has 0 aliphatic carbocycles. The molecule has 13 heteroatoms. The van der Waals surface area contributed by atoms with Crippen LogP contribution < -0.4 is 67.3 Å². The quantitative estimate of drug-likeness (QED) is 0.135. The van der Waals surface area contributed by atoms with Crippen LogP contribution in [0.3, 0.4) is 0 Å². The van der Waals surface area contributed by atoms with E-state index >= 15 is 0 Å². The Bertz CT molecular complexity index is 2820. The van der Waals surface area contributed by atoms with E-state index < -0.39 is 0 Å². The van der Waals surface area contributed by atoms with E-state index in [1.165, 1.54) is 39.2 Å². The Hall–Kier alpha value is -5.98. The normalized spacial score (nSPS) is 14.1. The molecule has 0 radical (unpaired) electrons. The summed E-state index contributed by atoms with van der Waals surface area (Å²) in [4.78, 5) is 2.48. The monoisotopic (exact) mass is 968 g/mol. The molecule has 1 atom stereocenters. The minimum atomic E-state index is 0. The summed E-state index contributed by atoms with van der Waals surface area (Å²) in [5, 5.41) is 2.17. The van der Waals surface area contributed by atoms with Crippen LogP contribution in [-0.2, 0) is 19.4 Å². The van der Waals surface area contributed by atoms with Gasteiger partial charge in [-0.25, -0.2) is 0 Å². The van der Waals surface area contributed by atoms with Crippen LogP contribution in [0, 0.1) is 6.07 Å². The van der Waals surface area contributed by atoms with Crippen molar-refractivity contribution in [2.75, 3.05) is 48.6 Å². The van der Waals surface area contributed by atoms with Crippen LogP contribution in [0.25, 0.3) is 33.8 Å². The minimum absolute atomic E-state index is 0. The predicted octanol–water partition coefficient (Wildman–Crippen LogP) is 5.01. The van der Waals surface area contributed by atoms with Crippen molar-refractivity contribution < 1.29 is 67.3 Å². The van der Waals surface area contributed by atoms with E-state index in [2.05, 4.69) is 101 Å². The number of rotatable bonds is 5. The molecule has 5 aliphatic heterocycles. The number of fused-ring (bicyclic) bond motifs is 10. The molecular formula is C55H58Cl2MgN2O8. The number of hydrogen-bond donors (Lipinski definition) is 0. The first-order chi connectivity index (χ1) is 30.6. The summed E-state index contributed by atoms with van der Waals surface area (Å²) in [6, 6.07) is 41.9. The van der Waals surface area contributed by atoms with Crippen molar-refractivity contribution in [3.63, 3.8) is 0 Å². The second-order valence-corrected chi connectivity index (χ2v) is 15.3. The fraction of sp³-hybridized carbons (Fsp3) is 0.255. The van der Waals surface area contributed by atoms with Crippen molar-refractivity contribution in [1.82, 2.24) is 4.90 Å². The first-order valence-electron chi connectivity index (χ1n) is 20.7. The van der Waals surface area contributed by atoms with E-state index in [9.17, 15) is 0 Å². The molecule has 0 amide bonds. The van der Waals surface area contributed by atoms with Crippen LogP contribution in [-0.4, -0.2) is 76.5 Å².